The van der Waals surface area contributed by atoms with Crippen LogP contribution in [-0.4, -0.2) is 0 Å². The van der Waals surface area contributed by atoms with E-state index < -0.39 is 0 Å². The van der Waals surface area contributed by atoms with Gasteiger partial charge < -0.3 is 0 Å². The van der Waals surface area contributed by atoms with Crippen molar-refractivity contribution < 1.29 is 0 Å². The van der Waals surface area contributed by atoms with Crippen molar-refractivity contribution in [1.29, 1.82) is 0 Å². The van der Waals surface area contributed by atoms with Crippen LogP contribution in [0.2, 0.25) is 0 Å². The van der Waals surface area contributed by atoms with Crippen molar-refractivity contribution in [2.75, 3.05) is 0 Å². The molecule has 104 valence electrons. The topological polar surface area (TPSA) is 0 Å². The summed E-state index contributed by atoms with van der Waals surface area (Å²) in [5, 5.41) is 11.0. The van der Waals surface area contributed by atoms with E-state index in [4.69, 9.17) is 0 Å². The zero-order valence-electron chi connectivity index (χ0n) is 12.8. The van der Waals surface area contributed by atoms with E-state index in [0.717, 1.165) is 0 Å². The number of hydrogen-bond donors (Lipinski definition) is 0. The maximum atomic E-state index is 2.34. The van der Waals surface area contributed by atoms with Gasteiger partial charge in [-0.25, -0.2) is 0 Å². The summed E-state index contributed by atoms with van der Waals surface area (Å²) < 4.78 is 0. The Labute approximate surface area is 129 Å². The fourth-order valence-electron chi connectivity index (χ4n) is 4.02. The van der Waals surface area contributed by atoms with Gasteiger partial charge in [0.25, 0.3) is 0 Å². The lowest BCUT2D eigenvalue weighted by atomic mass is 9.88. The Hall–Kier alpha value is -2.60. The number of hydrogen-bond acceptors (Lipinski definition) is 0. The van der Waals surface area contributed by atoms with Crippen molar-refractivity contribution in [2.24, 2.45) is 0 Å². The minimum Gasteiger partial charge on any atom is -0.0610 e. The van der Waals surface area contributed by atoms with Gasteiger partial charge in [0, 0.05) is 0 Å². The molecular formula is C22H16. The van der Waals surface area contributed by atoms with Crippen molar-refractivity contribution >= 4 is 43.1 Å². The summed E-state index contributed by atoms with van der Waals surface area (Å²) in [5.41, 5.74) is 2.68. The number of rotatable bonds is 0. The molecule has 0 unspecified atom stereocenters. The van der Waals surface area contributed by atoms with E-state index in [1.54, 1.807) is 0 Å². The fourth-order valence-corrected chi connectivity index (χ4v) is 4.02. The molecule has 5 rings (SSSR count). The molecular weight excluding hydrogens is 264 g/mol. The molecule has 5 aromatic carbocycles. The molecule has 0 aliphatic carbocycles. The van der Waals surface area contributed by atoms with Gasteiger partial charge in [-0.1, -0.05) is 60.7 Å². The highest BCUT2D eigenvalue weighted by Crippen LogP contribution is 2.41. The Morgan fingerprint density at radius 1 is 0.545 bits per heavy atom. The fraction of sp³-hybridized carbons (Fsp3) is 0.0909. The Kier molecular flexibility index (Phi) is 2.17. The quantitative estimate of drug-likeness (QED) is 0.229. The van der Waals surface area contributed by atoms with Crippen LogP contribution in [0.5, 0.6) is 0 Å². The molecule has 0 heteroatoms. The lowest BCUT2D eigenvalue weighted by molar-refractivity contribution is 1.52. The van der Waals surface area contributed by atoms with Crippen LogP contribution in [0, 0.1) is 13.8 Å². The summed E-state index contributed by atoms with van der Waals surface area (Å²) in [6.45, 7) is 4.39. The zero-order valence-corrected chi connectivity index (χ0v) is 12.8. The molecule has 0 radical (unpaired) electrons. The molecule has 0 saturated heterocycles. The second kappa shape index (κ2) is 3.98. The van der Waals surface area contributed by atoms with Crippen LogP contribution in [-0.2, 0) is 0 Å². The highest BCUT2D eigenvalue weighted by Gasteiger charge is 2.13. The van der Waals surface area contributed by atoms with Crippen LogP contribution in [0.4, 0.5) is 0 Å². The van der Waals surface area contributed by atoms with Gasteiger partial charge in [-0.05, 0) is 68.1 Å². The molecule has 5 aromatic rings. The Morgan fingerprint density at radius 3 is 2.09 bits per heavy atom. The van der Waals surface area contributed by atoms with E-state index in [2.05, 4.69) is 74.5 Å². The van der Waals surface area contributed by atoms with Crippen molar-refractivity contribution in [3.05, 3.63) is 71.8 Å². The van der Waals surface area contributed by atoms with E-state index in [9.17, 15) is 0 Å². The molecule has 0 fully saturated rings. The third-order valence-corrected chi connectivity index (χ3v) is 4.96. The first-order chi connectivity index (χ1) is 10.7. The predicted octanol–water partition coefficient (Wildman–Crippen LogP) is 6.35. The van der Waals surface area contributed by atoms with Gasteiger partial charge >= 0.3 is 0 Å². The minimum atomic E-state index is 1.33. The lowest BCUT2D eigenvalue weighted by Crippen LogP contribution is -1.89. The molecule has 0 amide bonds. The summed E-state index contributed by atoms with van der Waals surface area (Å²) in [6.07, 6.45) is 0. The molecule has 0 bridgehead atoms. The van der Waals surface area contributed by atoms with E-state index in [0.29, 0.717) is 0 Å². The molecule has 0 saturated carbocycles. The van der Waals surface area contributed by atoms with Crippen molar-refractivity contribution in [2.45, 2.75) is 13.8 Å². The smallest absolute Gasteiger partial charge is 0.00237 e. The molecule has 0 aromatic heterocycles. The first-order valence-corrected chi connectivity index (χ1v) is 7.80. The lowest BCUT2D eigenvalue weighted by Gasteiger charge is -2.15. The van der Waals surface area contributed by atoms with Gasteiger partial charge in [-0.15, -0.1) is 0 Å². The predicted molar refractivity (Wildman–Crippen MR) is 97.1 cm³/mol. The van der Waals surface area contributed by atoms with E-state index in [1.807, 2.05) is 0 Å². The third-order valence-electron chi connectivity index (χ3n) is 4.96. The van der Waals surface area contributed by atoms with Gasteiger partial charge in [-0.3, -0.25) is 0 Å². The van der Waals surface area contributed by atoms with Crippen molar-refractivity contribution in [3.8, 4) is 0 Å². The van der Waals surface area contributed by atoms with Crippen molar-refractivity contribution in [1.82, 2.24) is 0 Å². The van der Waals surface area contributed by atoms with Crippen LogP contribution < -0.4 is 0 Å². The maximum absolute atomic E-state index is 2.34. The zero-order chi connectivity index (χ0) is 14.8. The van der Waals surface area contributed by atoms with Crippen LogP contribution in [0.1, 0.15) is 11.1 Å². The largest absolute Gasteiger partial charge is 0.0610 e. The van der Waals surface area contributed by atoms with Crippen LogP contribution in [0.25, 0.3) is 43.1 Å². The Morgan fingerprint density at radius 2 is 1.23 bits per heavy atom. The monoisotopic (exact) mass is 280 g/mol. The normalized spacial score (nSPS) is 12.1. The van der Waals surface area contributed by atoms with Gasteiger partial charge in [0.1, 0.15) is 0 Å². The molecule has 0 N–H and O–H groups in total. The SMILES string of the molecule is Cc1cc2cccc3c4ccc(C)c5cccc(c(c1)c23)c54. The van der Waals surface area contributed by atoms with Gasteiger partial charge in [0.2, 0.25) is 0 Å². The number of aryl methyl sites for hydroxylation is 2. The average molecular weight is 280 g/mol. The second-order valence-electron chi connectivity index (χ2n) is 6.37. The van der Waals surface area contributed by atoms with Crippen molar-refractivity contribution in [3.63, 3.8) is 0 Å². The average Bonchev–Trinajstić information content (AvgIpc) is 2.53. The summed E-state index contributed by atoms with van der Waals surface area (Å²) in [6, 6.07) is 22.6. The summed E-state index contributed by atoms with van der Waals surface area (Å²) >= 11 is 0. The first kappa shape index (κ1) is 12.0. The third kappa shape index (κ3) is 1.37. The molecule has 0 aliphatic heterocycles. The van der Waals surface area contributed by atoms with E-state index in [-0.39, 0.29) is 0 Å². The van der Waals surface area contributed by atoms with Gasteiger partial charge in [-0.2, -0.15) is 0 Å². The second-order valence-corrected chi connectivity index (χ2v) is 6.37. The molecule has 22 heavy (non-hydrogen) atoms. The molecule has 0 heterocycles. The minimum absolute atomic E-state index is 1.33. The number of benzene rings is 5. The first-order valence-electron chi connectivity index (χ1n) is 7.80. The summed E-state index contributed by atoms with van der Waals surface area (Å²) in [7, 11) is 0. The highest BCUT2D eigenvalue weighted by atomic mass is 14.2. The molecule has 0 atom stereocenters. The maximum Gasteiger partial charge on any atom is -0.00237 e. The highest BCUT2D eigenvalue weighted by molar-refractivity contribution is 6.33. The van der Waals surface area contributed by atoms with E-state index >= 15 is 0 Å². The van der Waals surface area contributed by atoms with Gasteiger partial charge in [0.15, 0.2) is 0 Å². The standard InChI is InChI=1S/C22H16/c1-13-11-15-5-3-7-17-19-10-9-14(2)16-6-4-8-18(22(16)19)20(12-13)21(15)17/h3-12H,1-2H3. The van der Waals surface area contributed by atoms with Gasteiger partial charge in [0.05, 0.1) is 0 Å². The number of fused-ring (bicyclic) bond motifs is 2. The summed E-state index contributed by atoms with van der Waals surface area (Å²) in [5.74, 6) is 0. The van der Waals surface area contributed by atoms with Crippen LogP contribution in [0.15, 0.2) is 60.7 Å². The van der Waals surface area contributed by atoms with Crippen LogP contribution in [0.3, 0.4) is 0 Å². The van der Waals surface area contributed by atoms with Crippen LogP contribution >= 0.6 is 0 Å². The Balaban J connectivity index is 2.28. The summed E-state index contributed by atoms with van der Waals surface area (Å²) in [4.78, 5) is 0. The molecule has 0 spiro atoms. The Bertz CT molecular complexity index is 1180. The molecule has 0 aliphatic rings. The van der Waals surface area contributed by atoms with E-state index in [1.165, 1.54) is 54.2 Å². The molecule has 0 nitrogen and oxygen atoms in total.